The third kappa shape index (κ3) is 10.0. The van der Waals surface area contributed by atoms with Gasteiger partial charge in [-0.3, -0.25) is 0 Å². The molecule has 1 unspecified atom stereocenters. The van der Waals surface area contributed by atoms with Crippen LogP contribution in [0.3, 0.4) is 0 Å². The van der Waals surface area contributed by atoms with E-state index in [1.54, 1.807) is 0 Å². The smallest absolute Gasteiger partial charge is 0.407 e. The standard InChI is InChI=1S/C21H39NO4/c1-3-5-7-8-9-13-17-26-21(24)22-19(18-14-11-10-12-15-18)20(23)25-16-6-4-2/h18-19H,3-17H2,1-2H3,(H,22,24). The van der Waals surface area contributed by atoms with Crippen molar-refractivity contribution in [3.05, 3.63) is 0 Å². The second-order valence-corrected chi connectivity index (χ2v) is 7.44. The molecule has 5 heteroatoms. The van der Waals surface area contributed by atoms with Crippen molar-refractivity contribution in [1.82, 2.24) is 5.32 Å². The molecule has 0 saturated heterocycles. The van der Waals surface area contributed by atoms with Gasteiger partial charge in [0.05, 0.1) is 13.2 Å². The molecule has 0 aromatic heterocycles. The average molecular weight is 370 g/mol. The van der Waals surface area contributed by atoms with E-state index in [1.165, 1.54) is 32.1 Å². The van der Waals surface area contributed by atoms with Gasteiger partial charge in [0.1, 0.15) is 6.04 Å². The number of hydrogen-bond donors (Lipinski definition) is 1. The zero-order valence-electron chi connectivity index (χ0n) is 16.9. The van der Waals surface area contributed by atoms with Gasteiger partial charge in [-0.2, -0.15) is 0 Å². The van der Waals surface area contributed by atoms with Crippen LogP contribution in [0.2, 0.25) is 0 Å². The van der Waals surface area contributed by atoms with E-state index in [0.717, 1.165) is 51.4 Å². The summed E-state index contributed by atoms with van der Waals surface area (Å²) in [6, 6.07) is -0.566. The number of nitrogens with one attached hydrogen (secondary N) is 1. The molecule has 0 aromatic carbocycles. The highest BCUT2D eigenvalue weighted by atomic mass is 16.6. The Morgan fingerprint density at radius 3 is 2.15 bits per heavy atom. The van der Waals surface area contributed by atoms with Crippen molar-refractivity contribution < 1.29 is 19.1 Å². The first-order valence-electron chi connectivity index (χ1n) is 10.8. The molecule has 1 amide bonds. The molecule has 1 rings (SSSR count). The predicted octanol–water partition coefficient (Wildman–Crippen LogP) is 5.37. The van der Waals surface area contributed by atoms with Crippen molar-refractivity contribution >= 4 is 12.1 Å². The monoisotopic (exact) mass is 369 g/mol. The number of rotatable bonds is 13. The zero-order valence-corrected chi connectivity index (χ0v) is 16.9. The second kappa shape index (κ2) is 14.9. The van der Waals surface area contributed by atoms with Crippen LogP contribution < -0.4 is 5.32 Å². The molecule has 0 aromatic rings. The highest BCUT2D eigenvalue weighted by Gasteiger charge is 2.32. The Kier molecular flexibility index (Phi) is 13.0. The van der Waals surface area contributed by atoms with Gasteiger partial charge in [-0.05, 0) is 31.6 Å². The Bertz CT molecular complexity index is 380. The van der Waals surface area contributed by atoms with Crippen LogP contribution in [0.25, 0.3) is 0 Å². The number of esters is 1. The van der Waals surface area contributed by atoms with Gasteiger partial charge in [-0.15, -0.1) is 0 Å². The topological polar surface area (TPSA) is 64.6 Å². The second-order valence-electron chi connectivity index (χ2n) is 7.44. The first kappa shape index (κ1) is 22.8. The van der Waals surface area contributed by atoms with Crippen molar-refractivity contribution in [3.8, 4) is 0 Å². The molecule has 1 aliphatic rings. The fourth-order valence-electron chi connectivity index (χ4n) is 3.46. The first-order chi connectivity index (χ1) is 12.7. The van der Waals surface area contributed by atoms with Crippen LogP contribution in [0, 0.1) is 5.92 Å². The van der Waals surface area contributed by atoms with Gasteiger partial charge in [0.2, 0.25) is 0 Å². The van der Waals surface area contributed by atoms with E-state index in [0.29, 0.717) is 13.2 Å². The maximum absolute atomic E-state index is 12.4. The molecule has 1 atom stereocenters. The van der Waals surface area contributed by atoms with E-state index in [9.17, 15) is 9.59 Å². The van der Waals surface area contributed by atoms with Gasteiger partial charge >= 0.3 is 12.1 Å². The summed E-state index contributed by atoms with van der Waals surface area (Å²) < 4.78 is 10.7. The van der Waals surface area contributed by atoms with Crippen LogP contribution in [0.1, 0.15) is 97.3 Å². The van der Waals surface area contributed by atoms with Gasteiger partial charge in [-0.1, -0.05) is 71.6 Å². The summed E-state index contributed by atoms with van der Waals surface area (Å²) in [5.74, 6) is -0.138. The van der Waals surface area contributed by atoms with Crippen LogP contribution >= 0.6 is 0 Å². The molecule has 0 radical (unpaired) electrons. The number of hydrogen-bond acceptors (Lipinski definition) is 4. The van der Waals surface area contributed by atoms with Crippen molar-refractivity contribution in [2.45, 2.75) is 103 Å². The number of unbranched alkanes of at least 4 members (excludes halogenated alkanes) is 6. The molecular weight excluding hydrogens is 330 g/mol. The van der Waals surface area contributed by atoms with Crippen molar-refractivity contribution in [2.24, 2.45) is 5.92 Å². The fraction of sp³-hybridized carbons (Fsp3) is 0.905. The summed E-state index contributed by atoms with van der Waals surface area (Å²) in [7, 11) is 0. The Labute approximate surface area is 159 Å². The van der Waals surface area contributed by atoms with E-state index >= 15 is 0 Å². The lowest BCUT2D eigenvalue weighted by molar-refractivity contribution is -0.148. The summed E-state index contributed by atoms with van der Waals surface area (Å²) in [4.78, 5) is 24.6. The predicted molar refractivity (Wildman–Crippen MR) is 104 cm³/mol. The van der Waals surface area contributed by atoms with E-state index in [2.05, 4.69) is 19.2 Å². The van der Waals surface area contributed by atoms with E-state index in [-0.39, 0.29) is 11.9 Å². The lowest BCUT2D eigenvalue weighted by atomic mass is 9.84. The minimum atomic E-state index is -0.566. The van der Waals surface area contributed by atoms with E-state index in [4.69, 9.17) is 9.47 Å². The Morgan fingerprint density at radius 2 is 1.46 bits per heavy atom. The summed E-state index contributed by atoms with van der Waals surface area (Å²) >= 11 is 0. The van der Waals surface area contributed by atoms with Gasteiger partial charge in [0, 0.05) is 0 Å². The van der Waals surface area contributed by atoms with E-state index in [1.807, 2.05) is 0 Å². The molecule has 1 fully saturated rings. The summed E-state index contributed by atoms with van der Waals surface area (Å²) in [6.45, 7) is 5.10. The number of alkyl carbamates (subject to hydrolysis) is 1. The average Bonchev–Trinajstić information content (AvgIpc) is 2.66. The van der Waals surface area contributed by atoms with Crippen molar-refractivity contribution in [3.63, 3.8) is 0 Å². The third-order valence-corrected chi connectivity index (χ3v) is 5.12. The minimum absolute atomic E-state index is 0.166. The fourth-order valence-corrected chi connectivity index (χ4v) is 3.46. The summed E-state index contributed by atoms with van der Waals surface area (Å²) in [5, 5.41) is 2.79. The molecule has 152 valence electrons. The molecule has 0 heterocycles. The molecule has 26 heavy (non-hydrogen) atoms. The van der Waals surface area contributed by atoms with Crippen molar-refractivity contribution in [1.29, 1.82) is 0 Å². The Morgan fingerprint density at radius 1 is 0.846 bits per heavy atom. The maximum atomic E-state index is 12.4. The number of carbonyl (C=O) groups excluding carboxylic acids is 2. The van der Waals surface area contributed by atoms with Gasteiger partial charge in [0.25, 0.3) is 0 Å². The summed E-state index contributed by atoms with van der Waals surface area (Å²) in [6.07, 6.45) is 13.6. The normalized spacial score (nSPS) is 16.1. The minimum Gasteiger partial charge on any atom is -0.464 e. The van der Waals surface area contributed by atoms with Crippen LogP contribution in [-0.2, 0) is 14.3 Å². The Balaban J connectivity index is 2.35. The molecular formula is C21H39NO4. The van der Waals surface area contributed by atoms with Gasteiger partial charge < -0.3 is 14.8 Å². The zero-order chi connectivity index (χ0) is 19.0. The lowest BCUT2D eigenvalue weighted by Gasteiger charge is -2.29. The number of amides is 1. The largest absolute Gasteiger partial charge is 0.464 e. The third-order valence-electron chi connectivity index (χ3n) is 5.12. The van der Waals surface area contributed by atoms with Crippen LogP contribution in [0.15, 0.2) is 0 Å². The van der Waals surface area contributed by atoms with Gasteiger partial charge in [-0.25, -0.2) is 9.59 Å². The van der Waals surface area contributed by atoms with Crippen LogP contribution in [-0.4, -0.2) is 31.3 Å². The highest BCUT2D eigenvalue weighted by Crippen LogP contribution is 2.27. The number of ether oxygens (including phenoxy) is 2. The quantitative estimate of drug-likeness (QED) is 0.350. The van der Waals surface area contributed by atoms with Crippen molar-refractivity contribution in [2.75, 3.05) is 13.2 Å². The first-order valence-corrected chi connectivity index (χ1v) is 10.8. The summed E-state index contributed by atoms with van der Waals surface area (Å²) in [5.41, 5.74) is 0. The molecule has 0 spiro atoms. The van der Waals surface area contributed by atoms with E-state index < -0.39 is 12.1 Å². The van der Waals surface area contributed by atoms with Gasteiger partial charge in [0.15, 0.2) is 0 Å². The highest BCUT2D eigenvalue weighted by molar-refractivity contribution is 5.81. The molecule has 1 N–H and O–H groups in total. The molecule has 0 bridgehead atoms. The molecule has 5 nitrogen and oxygen atoms in total. The molecule has 0 aliphatic heterocycles. The molecule has 1 aliphatic carbocycles. The maximum Gasteiger partial charge on any atom is 0.407 e. The molecule has 1 saturated carbocycles. The lowest BCUT2D eigenvalue weighted by Crippen LogP contribution is -2.47. The van der Waals surface area contributed by atoms with Crippen LogP contribution in [0.5, 0.6) is 0 Å². The number of carbonyl (C=O) groups is 2. The van der Waals surface area contributed by atoms with Crippen LogP contribution in [0.4, 0.5) is 4.79 Å². The SMILES string of the molecule is CCCCCCCCOC(=O)NC(C(=O)OCCCC)C1CCCCC1. The Hall–Kier alpha value is -1.26.